The quantitative estimate of drug-likeness (QED) is 0.827. The maximum absolute atomic E-state index is 11.8. The molecule has 7 heteroatoms. The minimum absolute atomic E-state index is 0.189. The molecule has 1 aromatic heterocycles. The second-order valence-corrected chi connectivity index (χ2v) is 5.51. The number of hydrogen-bond acceptors (Lipinski definition) is 4. The number of likely N-dealkylation sites (tertiary alicyclic amines) is 1. The summed E-state index contributed by atoms with van der Waals surface area (Å²) >= 11 is 0. The first-order chi connectivity index (χ1) is 11.2. The molecule has 0 unspecified atom stereocenters. The molecule has 23 heavy (non-hydrogen) atoms. The van der Waals surface area contributed by atoms with Gasteiger partial charge in [0.05, 0.1) is 7.11 Å². The minimum Gasteiger partial charge on any atom is -0.481 e. The van der Waals surface area contributed by atoms with Crippen molar-refractivity contribution in [1.82, 2.24) is 20.5 Å². The average Bonchev–Trinajstić information content (AvgIpc) is 2.78. The average molecular weight is 320 g/mol. The number of nitrogens with zero attached hydrogens (tertiary/aromatic N) is 2. The zero-order valence-corrected chi connectivity index (χ0v) is 13.5. The maximum atomic E-state index is 11.8. The van der Waals surface area contributed by atoms with Gasteiger partial charge in [-0.1, -0.05) is 6.42 Å². The summed E-state index contributed by atoms with van der Waals surface area (Å²) in [6.45, 7) is 2.21. The largest absolute Gasteiger partial charge is 0.481 e. The van der Waals surface area contributed by atoms with E-state index in [9.17, 15) is 9.59 Å². The fourth-order valence-corrected chi connectivity index (χ4v) is 2.50. The molecule has 0 radical (unpaired) electrons. The Morgan fingerprint density at radius 3 is 3.04 bits per heavy atom. The van der Waals surface area contributed by atoms with E-state index in [1.807, 2.05) is 11.0 Å². The van der Waals surface area contributed by atoms with Gasteiger partial charge in [-0.15, -0.1) is 0 Å². The SMILES string of the molecule is COc1cc(CNC(=O)NCCN2CCCCCC2=O)ccn1. The first kappa shape index (κ1) is 17.1. The fraction of sp³-hybridized carbons (Fsp3) is 0.562. The van der Waals surface area contributed by atoms with E-state index in [2.05, 4.69) is 15.6 Å². The van der Waals surface area contributed by atoms with Crippen molar-refractivity contribution in [2.24, 2.45) is 0 Å². The van der Waals surface area contributed by atoms with Crippen LogP contribution in [0.3, 0.4) is 0 Å². The van der Waals surface area contributed by atoms with E-state index in [1.54, 1.807) is 19.4 Å². The van der Waals surface area contributed by atoms with E-state index in [-0.39, 0.29) is 11.9 Å². The molecule has 2 heterocycles. The fourth-order valence-electron chi connectivity index (χ4n) is 2.50. The molecular formula is C16H24N4O3. The molecule has 7 nitrogen and oxygen atoms in total. The molecule has 1 saturated heterocycles. The summed E-state index contributed by atoms with van der Waals surface area (Å²) in [6.07, 6.45) is 5.38. The van der Waals surface area contributed by atoms with E-state index in [4.69, 9.17) is 4.74 Å². The molecule has 1 aromatic rings. The van der Waals surface area contributed by atoms with Crippen LogP contribution in [0, 0.1) is 0 Å². The van der Waals surface area contributed by atoms with Crippen LogP contribution >= 0.6 is 0 Å². The summed E-state index contributed by atoms with van der Waals surface area (Å²) in [7, 11) is 1.55. The van der Waals surface area contributed by atoms with Gasteiger partial charge in [-0.05, 0) is 24.5 Å². The first-order valence-electron chi connectivity index (χ1n) is 7.97. The van der Waals surface area contributed by atoms with Gasteiger partial charge in [0.1, 0.15) is 0 Å². The number of nitrogens with one attached hydrogen (secondary N) is 2. The number of ether oxygens (including phenoxy) is 1. The van der Waals surface area contributed by atoms with E-state index >= 15 is 0 Å². The van der Waals surface area contributed by atoms with Crippen LogP contribution in [0.1, 0.15) is 31.2 Å². The highest BCUT2D eigenvalue weighted by molar-refractivity contribution is 5.76. The summed E-state index contributed by atoms with van der Waals surface area (Å²) in [5, 5.41) is 5.55. The highest BCUT2D eigenvalue weighted by atomic mass is 16.5. The Hall–Kier alpha value is -2.31. The van der Waals surface area contributed by atoms with E-state index in [0.717, 1.165) is 31.4 Å². The summed E-state index contributed by atoms with van der Waals surface area (Å²) in [5.41, 5.74) is 0.912. The number of amides is 3. The van der Waals surface area contributed by atoms with Crippen LogP contribution in [0.25, 0.3) is 0 Å². The Balaban J connectivity index is 1.67. The molecule has 126 valence electrons. The lowest BCUT2D eigenvalue weighted by atomic mass is 10.2. The van der Waals surface area contributed by atoms with Crippen LogP contribution in [0.15, 0.2) is 18.3 Å². The van der Waals surface area contributed by atoms with Crippen LogP contribution in [-0.2, 0) is 11.3 Å². The highest BCUT2D eigenvalue weighted by Gasteiger charge is 2.15. The van der Waals surface area contributed by atoms with E-state index < -0.39 is 0 Å². The molecule has 0 bridgehead atoms. The van der Waals surface area contributed by atoms with Crippen LogP contribution in [0.2, 0.25) is 0 Å². The van der Waals surface area contributed by atoms with Crippen molar-refractivity contribution < 1.29 is 14.3 Å². The monoisotopic (exact) mass is 320 g/mol. The van der Waals surface area contributed by atoms with Gasteiger partial charge in [-0.25, -0.2) is 9.78 Å². The number of carbonyl (C=O) groups excluding carboxylic acids is 2. The van der Waals surface area contributed by atoms with Gasteiger partial charge in [0.2, 0.25) is 11.8 Å². The zero-order chi connectivity index (χ0) is 16.5. The first-order valence-corrected chi connectivity index (χ1v) is 7.97. The third kappa shape index (κ3) is 5.77. The number of pyridine rings is 1. The van der Waals surface area contributed by atoms with E-state index in [1.165, 1.54) is 0 Å². The molecular weight excluding hydrogens is 296 g/mol. The van der Waals surface area contributed by atoms with Crippen molar-refractivity contribution in [1.29, 1.82) is 0 Å². The molecule has 0 aliphatic carbocycles. The highest BCUT2D eigenvalue weighted by Crippen LogP contribution is 2.10. The molecule has 2 N–H and O–H groups in total. The molecule has 0 atom stereocenters. The van der Waals surface area contributed by atoms with Crippen LogP contribution < -0.4 is 15.4 Å². The Labute approximate surface area is 136 Å². The van der Waals surface area contributed by atoms with Gasteiger partial charge < -0.3 is 20.3 Å². The van der Waals surface area contributed by atoms with Gasteiger partial charge >= 0.3 is 6.03 Å². The third-order valence-corrected chi connectivity index (χ3v) is 3.80. The third-order valence-electron chi connectivity index (χ3n) is 3.80. The van der Waals surface area contributed by atoms with Crippen LogP contribution in [-0.4, -0.2) is 48.6 Å². The lowest BCUT2D eigenvalue weighted by Crippen LogP contribution is -2.41. The van der Waals surface area contributed by atoms with Crippen LogP contribution in [0.5, 0.6) is 5.88 Å². The second-order valence-electron chi connectivity index (χ2n) is 5.51. The Morgan fingerprint density at radius 2 is 2.22 bits per heavy atom. The van der Waals surface area contributed by atoms with Gasteiger partial charge in [0, 0.05) is 44.9 Å². The molecule has 2 rings (SSSR count). The summed E-state index contributed by atoms with van der Waals surface area (Å²) in [4.78, 5) is 29.5. The molecule has 3 amide bonds. The van der Waals surface area contributed by atoms with Crippen molar-refractivity contribution in [2.75, 3.05) is 26.7 Å². The summed E-state index contributed by atoms with van der Waals surface area (Å²) < 4.78 is 5.04. The number of methoxy groups -OCH3 is 1. The smallest absolute Gasteiger partial charge is 0.315 e. The van der Waals surface area contributed by atoms with Gasteiger partial charge in [0.25, 0.3) is 0 Å². The number of aromatic nitrogens is 1. The molecule has 0 spiro atoms. The number of rotatable bonds is 6. The predicted octanol–water partition coefficient (Wildman–Crippen LogP) is 1.29. The standard InChI is InChI=1S/C16H24N4O3/c1-23-14-11-13(6-7-17-14)12-19-16(22)18-8-10-20-9-4-2-3-5-15(20)21/h6-7,11H,2-5,8-10,12H2,1H3,(H2,18,19,22). The summed E-state index contributed by atoms with van der Waals surface area (Å²) in [5.74, 6) is 0.706. The van der Waals surface area contributed by atoms with Crippen molar-refractivity contribution in [3.8, 4) is 5.88 Å². The number of urea groups is 1. The molecule has 1 aliphatic heterocycles. The van der Waals surface area contributed by atoms with Gasteiger partial charge in [-0.3, -0.25) is 4.79 Å². The molecule has 1 fully saturated rings. The molecule has 0 aromatic carbocycles. The van der Waals surface area contributed by atoms with Crippen molar-refractivity contribution in [3.05, 3.63) is 23.9 Å². The lowest BCUT2D eigenvalue weighted by Gasteiger charge is -2.20. The number of carbonyl (C=O) groups is 2. The molecule has 1 aliphatic rings. The Morgan fingerprint density at radius 1 is 1.35 bits per heavy atom. The Kier molecular flexibility index (Phi) is 6.65. The van der Waals surface area contributed by atoms with Crippen LogP contribution in [0.4, 0.5) is 4.79 Å². The lowest BCUT2D eigenvalue weighted by molar-refractivity contribution is -0.130. The minimum atomic E-state index is -0.247. The molecule has 0 saturated carbocycles. The predicted molar refractivity (Wildman–Crippen MR) is 86.1 cm³/mol. The van der Waals surface area contributed by atoms with Gasteiger partial charge in [0.15, 0.2) is 0 Å². The van der Waals surface area contributed by atoms with Crippen molar-refractivity contribution in [3.63, 3.8) is 0 Å². The maximum Gasteiger partial charge on any atom is 0.315 e. The summed E-state index contributed by atoms with van der Waals surface area (Å²) in [6, 6.07) is 3.34. The van der Waals surface area contributed by atoms with E-state index in [0.29, 0.717) is 31.9 Å². The van der Waals surface area contributed by atoms with Gasteiger partial charge in [-0.2, -0.15) is 0 Å². The van der Waals surface area contributed by atoms with Crippen molar-refractivity contribution >= 4 is 11.9 Å². The van der Waals surface area contributed by atoms with Crippen molar-refractivity contribution in [2.45, 2.75) is 32.2 Å². The topological polar surface area (TPSA) is 83.6 Å². The number of hydrogen-bond donors (Lipinski definition) is 2. The zero-order valence-electron chi connectivity index (χ0n) is 13.5. The second kappa shape index (κ2) is 8.97. The normalized spacial score (nSPS) is 15.0. The Bertz CT molecular complexity index is 536.